The topological polar surface area (TPSA) is 106 Å². The first kappa shape index (κ1) is 18.9. The summed E-state index contributed by atoms with van der Waals surface area (Å²) in [6.07, 6.45) is 10.6. The average molecular weight is 406 g/mol. The maximum atomic E-state index is 13.1. The third-order valence-electron chi connectivity index (χ3n) is 6.04. The Morgan fingerprint density at radius 3 is 2.87 bits per heavy atom. The van der Waals surface area contributed by atoms with Crippen LogP contribution < -0.4 is 10.6 Å². The SMILES string of the molecule is Cc1cn2nc([C@@H]3CCCCN3C(=O)c3cnccn3)cc2nc1N1CC[C@H](N)C1. The quantitative estimate of drug-likeness (QED) is 0.706. The minimum absolute atomic E-state index is 0.0843. The molecule has 0 saturated carbocycles. The highest BCUT2D eigenvalue weighted by atomic mass is 16.2. The van der Waals surface area contributed by atoms with Gasteiger partial charge in [-0.2, -0.15) is 5.10 Å². The number of hydrogen-bond donors (Lipinski definition) is 1. The molecule has 0 aliphatic carbocycles. The normalized spacial score (nSPS) is 22.1. The zero-order valence-corrected chi connectivity index (χ0v) is 17.1. The van der Waals surface area contributed by atoms with Crippen LogP contribution in [-0.2, 0) is 0 Å². The Labute approximate surface area is 174 Å². The van der Waals surface area contributed by atoms with E-state index in [4.69, 9.17) is 15.8 Å². The maximum absolute atomic E-state index is 13.1. The lowest BCUT2D eigenvalue weighted by Crippen LogP contribution is -2.39. The standard InChI is InChI=1S/C21H26N8O/c1-14-12-29-19(25-20(14)27-9-5-15(22)13-27)10-16(26-29)18-4-2-3-8-28(18)21(30)17-11-23-6-7-24-17/h6-7,10-12,15,18H,2-5,8-9,13,22H2,1H3/t15-,18-/m0/s1. The molecular formula is C21H26N8O. The molecule has 5 rings (SSSR count). The van der Waals surface area contributed by atoms with Crippen LogP contribution in [0, 0.1) is 6.92 Å². The van der Waals surface area contributed by atoms with E-state index >= 15 is 0 Å². The van der Waals surface area contributed by atoms with Gasteiger partial charge in [0.05, 0.1) is 17.9 Å². The van der Waals surface area contributed by atoms with Crippen molar-refractivity contribution < 1.29 is 4.79 Å². The summed E-state index contributed by atoms with van der Waals surface area (Å²) in [5, 5.41) is 4.79. The summed E-state index contributed by atoms with van der Waals surface area (Å²) in [4.78, 5) is 30.3. The number of amides is 1. The van der Waals surface area contributed by atoms with Crippen LogP contribution in [0.1, 0.15) is 53.5 Å². The van der Waals surface area contributed by atoms with Gasteiger partial charge in [0.1, 0.15) is 11.5 Å². The minimum Gasteiger partial charge on any atom is -0.355 e. The number of carbonyl (C=O) groups is 1. The van der Waals surface area contributed by atoms with Gasteiger partial charge in [-0.05, 0) is 32.6 Å². The summed E-state index contributed by atoms with van der Waals surface area (Å²) in [6.45, 7) is 4.50. The van der Waals surface area contributed by atoms with Gasteiger partial charge in [-0.25, -0.2) is 14.5 Å². The molecule has 9 heteroatoms. The van der Waals surface area contributed by atoms with Gasteiger partial charge in [-0.15, -0.1) is 0 Å². The molecule has 156 valence electrons. The lowest BCUT2D eigenvalue weighted by molar-refractivity contribution is 0.0599. The van der Waals surface area contributed by atoms with E-state index in [1.54, 1.807) is 12.4 Å². The number of piperidine rings is 1. The second-order valence-corrected chi connectivity index (χ2v) is 8.22. The zero-order valence-electron chi connectivity index (χ0n) is 17.1. The van der Waals surface area contributed by atoms with Crippen molar-refractivity contribution in [2.24, 2.45) is 5.73 Å². The minimum atomic E-state index is -0.0965. The van der Waals surface area contributed by atoms with Crippen LogP contribution >= 0.6 is 0 Å². The number of nitrogens with zero attached hydrogens (tertiary/aromatic N) is 7. The van der Waals surface area contributed by atoms with Crippen LogP contribution in [0.5, 0.6) is 0 Å². The van der Waals surface area contributed by atoms with Crippen LogP contribution in [-0.4, -0.2) is 61.0 Å². The Hall–Kier alpha value is -3.07. The van der Waals surface area contributed by atoms with Crippen molar-refractivity contribution in [3.05, 3.63) is 47.8 Å². The fourth-order valence-corrected chi connectivity index (χ4v) is 4.52. The number of aryl methyl sites for hydroxylation is 1. The van der Waals surface area contributed by atoms with Crippen molar-refractivity contribution >= 4 is 17.4 Å². The summed E-state index contributed by atoms with van der Waals surface area (Å²) < 4.78 is 1.82. The molecule has 2 aliphatic heterocycles. The molecule has 2 aliphatic rings. The van der Waals surface area contributed by atoms with E-state index in [0.717, 1.165) is 61.5 Å². The van der Waals surface area contributed by atoms with Gasteiger partial charge >= 0.3 is 0 Å². The number of nitrogens with two attached hydrogens (primary N) is 1. The lowest BCUT2D eigenvalue weighted by atomic mass is 9.99. The molecule has 0 bridgehead atoms. The monoisotopic (exact) mass is 406 g/mol. The van der Waals surface area contributed by atoms with Crippen LogP contribution in [0.4, 0.5) is 5.82 Å². The number of fused-ring (bicyclic) bond motifs is 1. The van der Waals surface area contributed by atoms with E-state index in [9.17, 15) is 4.79 Å². The number of hydrogen-bond acceptors (Lipinski definition) is 7. The van der Waals surface area contributed by atoms with Gasteiger partial charge < -0.3 is 15.5 Å². The maximum Gasteiger partial charge on any atom is 0.274 e. The summed E-state index contributed by atoms with van der Waals surface area (Å²) in [6, 6.07) is 2.12. The smallest absolute Gasteiger partial charge is 0.274 e. The fourth-order valence-electron chi connectivity index (χ4n) is 4.52. The largest absolute Gasteiger partial charge is 0.355 e. The van der Waals surface area contributed by atoms with E-state index in [1.165, 1.54) is 6.20 Å². The molecule has 0 spiro atoms. The lowest BCUT2D eigenvalue weighted by Gasteiger charge is -2.34. The van der Waals surface area contributed by atoms with Gasteiger partial charge in [0.2, 0.25) is 0 Å². The second kappa shape index (κ2) is 7.64. The molecule has 0 radical (unpaired) electrons. The molecule has 3 aromatic heterocycles. The third-order valence-corrected chi connectivity index (χ3v) is 6.04. The Bertz CT molecular complexity index is 1070. The summed E-state index contributed by atoms with van der Waals surface area (Å²) in [5.74, 6) is 0.874. The summed E-state index contributed by atoms with van der Waals surface area (Å²) in [7, 11) is 0. The van der Waals surface area contributed by atoms with Crippen molar-refractivity contribution in [1.82, 2.24) is 29.5 Å². The third kappa shape index (κ3) is 3.39. The van der Waals surface area contributed by atoms with Crippen LogP contribution in [0.25, 0.3) is 5.65 Å². The van der Waals surface area contributed by atoms with Crippen LogP contribution in [0.3, 0.4) is 0 Å². The van der Waals surface area contributed by atoms with E-state index in [1.807, 2.05) is 21.7 Å². The number of likely N-dealkylation sites (tertiary alicyclic amines) is 1. The Kier molecular flexibility index (Phi) is 4.82. The van der Waals surface area contributed by atoms with Crippen molar-refractivity contribution in [3.8, 4) is 0 Å². The first-order valence-corrected chi connectivity index (χ1v) is 10.5. The van der Waals surface area contributed by atoms with E-state index in [-0.39, 0.29) is 18.0 Å². The first-order chi connectivity index (χ1) is 14.6. The molecule has 3 aromatic rings. The molecule has 2 saturated heterocycles. The Morgan fingerprint density at radius 2 is 2.10 bits per heavy atom. The number of carbonyl (C=O) groups excluding carboxylic acids is 1. The first-order valence-electron chi connectivity index (χ1n) is 10.5. The molecule has 2 atom stereocenters. The molecule has 0 unspecified atom stereocenters. The van der Waals surface area contributed by atoms with Gasteiger partial charge in [0.25, 0.3) is 5.91 Å². The predicted molar refractivity (Wildman–Crippen MR) is 112 cm³/mol. The number of anilines is 1. The Balaban J connectivity index is 1.47. The summed E-state index contributed by atoms with van der Waals surface area (Å²) >= 11 is 0. The van der Waals surface area contributed by atoms with E-state index < -0.39 is 0 Å². The van der Waals surface area contributed by atoms with Gasteiger partial charge in [0, 0.05) is 55.9 Å². The van der Waals surface area contributed by atoms with Crippen molar-refractivity contribution in [3.63, 3.8) is 0 Å². The molecule has 5 heterocycles. The number of aromatic nitrogens is 5. The zero-order chi connectivity index (χ0) is 20.7. The average Bonchev–Trinajstić information content (AvgIpc) is 3.39. The molecule has 2 N–H and O–H groups in total. The predicted octanol–water partition coefficient (Wildman–Crippen LogP) is 1.73. The van der Waals surface area contributed by atoms with Crippen LogP contribution in [0.2, 0.25) is 0 Å². The van der Waals surface area contributed by atoms with Crippen molar-refractivity contribution in [2.75, 3.05) is 24.5 Å². The molecule has 2 fully saturated rings. The van der Waals surface area contributed by atoms with Gasteiger partial charge in [-0.3, -0.25) is 9.78 Å². The molecule has 30 heavy (non-hydrogen) atoms. The second-order valence-electron chi connectivity index (χ2n) is 8.22. The fraction of sp³-hybridized carbons (Fsp3) is 0.476. The summed E-state index contributed by atoms with van der Waals surface area (Å²) in [5.41, 5.74) is 9.19. The molecular weight excluding hydrogens is 380 g/mol. The van der Waals surface area contributed by atoms with E-state index in [0.29, 0.717) is 12.2 Å². The van der Waals surface area contributed by atoms with Crippen LogP contribution in [0.15, 0.2) is 30.9 Å². The number of rotatable bonds is 3. The highest BCUT2D eigenvalue weighted by molar-refractivity contribution is 5.92. The van der Waals surface area contributed by atoms with Gasteiger partial charge in [-0.1, -0.05) is 0 Å². The van der Waals surface area contributed by atoms with E-state index in [2.05, 4.69) is 21.8 Å². The van der Waals surface area contributed by atoms with Crippen molar-refractivity contribution in [2.45, 2.75) is 44.7 Å². The van der Waals surface area contributed by atoms with Crippen molar-refractivity contribution in [1.29, 1.82) is 0 Å². The molecule has 0 aromatic carbocycles. The molecule has 1 amide bonds. The Morgan fingerprint density at radius 1 is 1.20 bits per heavy atom. The highest BCUT2D eigenvalue weighted by Crippen LogP contribution is 2.32. The molecule has 9 nitrogen and oxygen atoms in total. The van der Waals surface area contributed by atoms with Gasteiger partial charge in [0.15, 0.2) is 5.65 Å². The highest BCUT2D eigenvalue weighted by Gasteiger charge is 2.31.